The zero-order valence-corrected chi connectivity index (χ0v) is 12.3. The van der Waals surface area contributed by atoms with Gasteiger partial charge in [-0.15, -0.1) is 0 Å². The summed E-state index contributed by atoms with van der Waals surface area (Å²) >= 11 is 5.79. The average Bonchev–Trinajstić information content (AvgIpc) is 2.75. The molecule has 2 aromatic rings. The van der Waals surface area contributed by atoms with Crippen molar-refractivity contribution < 1.29 is 14.1 Å². The summed E-state index contributed by atoms with van der Waals surface area (Å²) in [6.45, 7) is 1.56. The van der Waals surface area contributed by atoms with E-state index in [1.807, 2.05) is 0 Å². The van der Waals surface area contributed by atoms with Gasteiger partial charge in [-0.05, 0) is 29.5 Å². The molecule has 0 aliphatic rings. The monoisotopic (exact) mass is 326 g/mol. The number of hydrogen-bond acceptors (Lipinski definition) is 4. The van der Waals surface area contributed by atoms with E-state index in [-0.39, 0.29) is 29.8 Å². The van der Waals surface area contributed by atoms with E-state index in [1.165, 1.54) is 23.7 Å². The number of nitrogens with zero attached hydrogens (tertiary/aromatic N) is 3. The molecule has 1 aromatic heterocycles. The first-order chi connectivity index (χ1) is 10.4. The molecule has 0 saturated carbocycles. The number of rotatable bonds is 5. The fourth-order valence-corrected chi connectivity index (χ4v) is 1.98. The number of carbonyl (C=O) groups excluding carboxylic acids is 1. The van der Waals surface area contributed by atoms with E-state index >= 15 is 0 Å². The Kier molecular flexibility index (Phi) is 4.71. The van der Waals surface area contributed by atoms with Gasteiger partial charge in [0.2, 0.25) is 5.91 Å². The molecule has 0 bridgehead atoms. The molecule has 1 amide bonds. The Morgan fingerprint density at radius 3 is 2.64 bits per heavy atom. The van der Waals surface area contributed by atoms with E-state index in [9.17, 15) is 19.3 Å². The predicted molar refractivity (Wildman–Crippen MR) is 76.9 cm³/mol. The van der Waals surface area contributed by atoms with Gasteiger partial charge in [-0.2, -0.15) is 4.68 Å². The minimum absolute atomic E-state index is 0.0867. The highest BCUT2D eigenvalue weighted by molar-refractivity contribution is 6.33. The van der Waals surface area contributed by atoms with Crippen molar-refractivity contribution in [1.29, 1.82) is 0 Å². The SMILES string of the molecule is Cc1c(Cl)c([N+](=O)[O-])nn1CC(=O)NCc1ccc(F)cc1. The molecule has 0 unspecified atom stereocenters. The number of hydrogen-bond donors (Lipinski definition) is 1. The van der Waals surface area contributed by atoms with Crippen LogP contribution in [-0.4, -0.2) is 20.6 Å². The van der Waals surface area contributed by atoms with Crippen molar-refractivity contribution in [1.82, 2.24) is 15.1 Å². The quantitative estimate of drug-likeness (QED) is 0.673. The van der Waals surface area contributed by atoms with Crippen molar-refractivity contribution in [2.75, 3.05) is 0 Å². The van der Waals surface area contributed by atoms with Crippen LogP contribution in [0.2, 0.25) is 5.02 Å². The predicted octanol–water partition coefficient (Wildman–Crippen LogP) is 2.21. The molecule has 1 N–H and O–H groups in total. The van der Waals surface area contributed by atoms with Crippen LogP contribution in [0.3, 0.4) is 0 Å². The van der Waals surface area contributed by atoms with E-state index < -0.39 is 10.7 Å². The standard InChI is InChI=1S/C13H12ClFN4O3/c1-8-12(14)13(19(21)22)17-18(8)7-11(20)16-6-9-2-4-10(15)5-3-9/h2-5H,6-7H2,1H3,(H,16,20). The van der Waals surface area contributed by atoms with Crippen LogP contribution in [0.1, 0.15) is 11.3 Å². The van der Waals surface area contributed by atoms with Crippen LogP contribution in [0.4, 0.5) is 10.2 Å². The average molecular weight is 327 g/mol. The van der Waals surface area contributed by atoms with Crippen LogP contribution >= 0.6 is 11.6 Å². The molecule has 0 radical (unpaired) electrons. The largest absolute Gasteiger partial charge is 0.408 e. The number of nitrogens with one attached hydrogen (secondary N) is 1. The lowest BCUT2D eigenvalue weighted by Gasteiger charge is -2.05. The highest BCUT2D eigenvalue weighted by Crippen LogP contribution is 2.26. The van der Waals surface area contributed by atoms with Gasteiger partial charge in [0.25, 0.3) is 0 Å². The fraction of sp³-hybridized carbons (Fsp3) is 0.231. The maximum absolute atomic E-state index is 12.8. The number of carbonyl (C=O) groups is 1. The van der Waals surface area contributed by atoms with E-state index in [0.717, 1.165) is 5.56 Å². The van der Waals surface area contributed by atoms with Crippen molar-refractivity contribution in [2.45, 2.75) is 20.0 Å². The van der Waals surface area contributed by atoms with Gasteiger partial charge in [-0.25, -0.2) is 4.39 Å². The molecule has 2 rings (SSSR count). The van der Waals surface area contributed by atoms with E-state index in [2.05, 4.69) is 10.4 Å². The normalized spacial score (nSPS) is 10.5. The van der Waals surface area contributed by atoms with Gasteiger partial charge >= 0.3 is 5.82 Å². The van der Waals surface area contributed by atoms with Gasteiger partial charge in [0, 0.05) is 6.54 Å². The van der Waals surface area contributed by atoms with Crippen LogP contribution < -0.4 is 5.32 Å². The van der Waals surface area contributed by atoms with E-state index in [4.69, 9.17) is 11.6 Å². The van der Waals surface area contributed by atoms with Crippen LogP contribution in [0.15, 0.2) is 24.3 Å². The summed E-state index contributed by atoms with van der Waals surface area (Å²) in [5.74, 6) is -1.23. The maximum Gasteiger partial charge on any atom is 0.408 e. The van der Waals surface area contributed by atoms with Gasteiger partial charge in [0.15, 0.2) is 5.02 Å². The summed E-state index contributed by atoms with van der Waals surface area (Å²) in [4.78, 5) is 21.9. The summed E-state index contributed by atoms with van der Waals surface area (Å²) in [6, 6.07) is 5.69. The Bertz CT molecular complexity index is 715. The molecular weight excluding hydrogens is 315 g/mol. The topological polar surface area (TPSA) is 90.1 Å². The van der Waals surface area contributed by atoms with Crippen LogP contribution in [0, 0.1) is 22.9 Å². The maximum atomic E-state index is 12.8. The van der Waals surface area contributed by atoms with Gasteiger partial charge in [0.05, 0.1) is 10.8 Å². The summed E-state index contributed by atoms with van der Waals surface area (Å²) < 4.78 is 13.9. The molecule has 7 nitrogen and oxygen atoms in total. The molecule has 22 heavy (non-hydrogen) atoms. The summed E-state index contributed by atoms with van der Waals surface area (Å²) in [5.41, 5.74) is 1.07. The highest BCUT2D eigenvalue weighted by atomic mass is 35.5. The molecule has 1 heterocycles. The third kappa shape index (κ3) is 3.59. The number of aromatic nitrogens is 2. The number of nitro groups is 1. The molecule has 9 heteroatoms. The number of amides is 1. The molecule has 0 fully saturated rings. The molecule has 0 aliphatic heterocycles. The van der Waals surface area contributed by atoms with Crippen molar-refractivity contribution in [2.24, 2.45) is 0 Å². The summed E-state index contributed by atoms with van der Waals surface area (Å²) in [7, 11) is 0. The molecule has 0 saturated heterocycles. The van der Waals surface area contributed by atoms with Crippen LogP contribution in [0.25, 0.3) is 0 Å². The third-order valence-corrected chi connectivity index (χ3v) is 3.43. The minimum Gasteiger partial charge on any atom is -0.358 e. The van der Waals surface area contributed by atoms with Crippen LogP contribution in [-0.2, 0) is 17.9 Å². The summed E-state index contributed by atoms with van der Waals surface area (Å²) in [6.07, 6.45) is 0. The van der Waals surface area contributed by atoms with Crippen LogP contribution in [0.5, 0.6) is 0 Å². The Hall–Kier alpha value is -2.48. The Balaban J connectivity index is 1.99. The first kappa shape index (κ1) is 15.9. The fourth-order valence-electron chi connectivity index (χ4n) is 1.77. The lowest BCUT2D eigenvalue weighted by molar-refractivity contribution is -0.389. The smallest absolute Gasteiger partial charge is 0.358 e. The number of halogens is 2. The molecule has 116 valence electrons. The van der Waals surface area contributed by atoms with Gasteiger partial charge in [-0.3, -0.25) is 4.79 Å². The number of benzene rings is 1. The molecule has 0 atom stereocenters. The van der Waals surface area contributed by atoms with Crippen molar-refractivity contribution in [3.8, 4) is 0 Å². The second-order valence-corrected chi connectivity index (χ2v) is 4.92. The molecular formula is C13H12ClFN4O3. The van der Waals surface area contributed by atoms with Crippen molar-refractivity contribution in [3.05, 3.63) is 56.5 Å². The highest BCUT2D eigenvalue weighted by Gasteiger charge is 2.24. The van der Waals surface area contributed by atoms with E-state index in [0.29, 0.717) is 5.69 Å². The molecule has 0 spiro atoms. The van der Waals surface area contributed by atoms with Gasteiger partial charge in [-0.1, -0.05) is 23.7 Å². The second-order valence-electron chi connectivity index (χ2n) is 4.54. The first-order valence-electron chi connectivity index (χ1n) is 6.27. The Morgan fingerprint density at radius 2 is 2.09 bits per heavy atom. The molecule has 1 aromatic carbocycles. The lowest BCUT2D eigenvalue weighted by atomic mass is 10.2. The van der Waals surface area contributed by atoms with Crippen molar-refractivity contribution in [3.63, 3.8) is 0 Å². The van der Waals surface area contributed by atoms with Gasteiger partial charge < -0.3 is 15.4 Å². The van der Waals surface area contributed by atoms with Gasteiger partial charge in [0.1, 0.15) is 12.4 Å². The molecule has 0 aliphatic carbocycles. The minimum atomic E-state index is -0.706. The zero-order valence-electron chi connectivity index (χ0n) is 11.5. The Morgan fingerprint density at radius 1 is 1.45 bits per heavy atom. The summed E-state index contributed by atoms with van der Waals surface area (Å²) in [5, 5.41) is 16.9. The lowest BCUT2D eigenvalue weighted by Crippen LogP contribution is -2.28. The van der Waals surface area contributed by atoms with E-state index in [1.54, 1.807) is 12.1 Å². The third-order valence-electron chi connectivity index (χ3n) is 2.99. The first-order valence-corrected chi connectivity index (χ1v) is 6.64. The van der Waals surface area contributed by atoms with Crippen molar-refractivity contribution >= 4 is 23.3 Å². The zero-order chi connectivity index (χ0) is 16.3. The Labute approximate surface area is 129 Å². The second kappa shape index (κ2) is 6.52.